The molecule has 0 aliphatic carbocycles. The molecule has 25 heavy (non-hydrogen) atoms. The Morgan fingerprint density at radius 2 is 1.72 bits per heavy atom. The first kappa shape index (κ1) is 16.7. The van der Waals surface area contributed by atoms with Gasteiger partial charge >= 0.3 is 0 Å². The molecule has 2 aromatic rings. The zero-order valence-corrected chi connectivity index (χ0v) is 15.1. The fourth-order valence-corrected chi connectivity index (χ4v) is 4.08. The van der Waals surface area contributed by atoms with E-state index in [9.17, 15) is 0 Å². The number of nitrogens with zero attached hydrogens (tertiary/aromatic N) is 6. The number of hydrogen-bond acceptors (Lipinski definition) is 5. The fraction of sp³-hybridized carbons (Fsp3) is 0.632. The quantitative estimate of drug-likeness (QED) is 0.835. The molecule has 4 heterocycles. The molecule has 6 heteroatoms. The van der Waals surface area contributed by atoms with Crippen LogP contribution in [0.2, 0.25) is 0 Å². The van der Waals surface area contributed by atoms with E-state index in [-0.39, 0.29) is 0 Å². The summed E-state index contributed by atoms with van der Waals surface area (Å²) in [5, 5.41) is 9.03. The normalized spacial score (nSPS) is 20.4. The minimum atomic E-state index is 0.532. The zero-order chi connectivity index (χ0) is 17.1. The maximum absolute atomic E-state index is 4.55. The van der Waals surface area contributed by atoms with Gasteiger partial charge in [-0.1, -0.05) is 6.07 Å². The van der Waals surface area contributed by atoms with Crippen molar-refractivity contribution in [2.24, 2.45) is 7.05 Å². The minimum Gasteiger partial charge on any atom is -0.317 e. The molecule has 0 bridgehead atoms. The maximum Gasteiger partial charge on any atom is 0.146 e. The van der Waals surface area contributed by atoms with Crippen molar-refractivity contribution in [3.05, 3.63) is 41.7 Å². The lowest BCUT2D eigenvalue weighted by Gasteiger charge is -2.31. The van der Waals surface area contributed by atoms with E-state index in [2.05, 4.69) is 48.7 Å². The smallest absolute Gasteiger partial charge is 0.146 e. The van der Waals surface area contributed by atoms with Crippen molar-refractivity contribution in [2.45, 2.75) is 44.7 Å². The highest BCUT2D eigenvalue weighted by Crippen LogP contribution is 2.27. The van der Waals surface area contributed by atoms with Crippen molar-refractivity contribution in [1.29, 1.82) is 0 Å². The highest BCUT2D eigenvalue weighted by Gasteiger charge is 2.26. The van der Waals surface area contributed by atoms with Gasteiger partial charge in [0.25, 0.3) is 0 Å². The molecule has 2 aliphatic rings. The van der Waals surface area contributed by atoms with Gasteiger partial charge in [-0.15, -0.1) is 10.2 Å². The lowest BCUT2D eigenvalue weighted by Crippen LogP contribution is -2.33. The topological polar surface area (TPSA) is 50.1 Å². The van der Waals surface area contributed by atoms with Gasteiger partial charge in [0.1, 0.15) is 11.6 Å². The summed E-state index contributed by atoms with van der Waals surface area (Å²) in [7, 11) is 2.14. The van der Waals surface area contributed by atoms with Gasteiger partial charge < -0.3 is 4.57 Å². The van der Waals surface area contributed by atoms with Gasteiger partial charge in [-0.2, -0.15) is 0 Å². The SMILES string of the molecule is Cn1c(CN2CCCC2)nnc1C1CCN(Cc2ccccn2)CC1. The third kappa shape index (κ3) is 3.90. The van der Waals surface area contributed by atoms with Crippen LogP contribution in [0.25, 0.3) is 0 Å². The predicted octanol–water partition coefficient (Wildman–Crippen LogP) is 2.19. The van der Waals surface area contributed by atoms with Gasteiger partial charge in [-0.05, 0) is 64.0 Å². The highest BCUT2D eigenvalue weighted by atomic mass is 15.3. The van der Waals surface area contributed by atoms with Gasteiger partial charge in [0, 0.05) is 25.7 Å². The van der Waals surface area contributed by atoms with Crippen LogP contribution in [-0.2, 0) is 20.1 Å². The molecular formula is C19H28N6. The molecule has 2 aromatic heterocycles. The van der Waals surface area contributed by atoms with E-state index in [0.29, 0.717) is 5.92 Å². The average Bonchev–Trinajstić information content (AvgIpc) is 3.28. The first-order chi connectivity index (χ1) is 12.3. The third-order valence-electron chi connectivity index (χ3n) is 5.63. The van der Waals surface area contributed by atoms with E-state index in [4.69, 9.17) is 0 Å². The van der Waals surface area contributed by atoms with Crippen LogP contribution < -0.4 is 0 Å². The highest BCUT2D eigenvalue weighted by molar-refractivity contribution is 5.06. The molecule has 0 atom stereocenters. The summed E-state index contributed by atoms with van der Waals surface area (Å²) in [6, 6.07) is 6.15. The fourth-order valence-electron chi connectivity index (χ4n) is 4.08. The van der Waals surface area contributed by atoms with Crippen molar-refractivity contribution in [3.8, 4) is 0 Å². The largest absolute Gasteiger partial charge is 0.317 e. The zero-order valence-electron chi connectivity index (χ0n) is 15.1. The second kappa shape index (κ2) is 7.62. The Morgan fingerprint density at radius 3 is 2.44 bits per heavy atom. The predicted molar refractivity (Wildman–Crippen MR) is 97.0 cm³/mol. The molecule has 2 fully saturated rings. The van der Waals surface area contributed by atoms with Gasteiger partial charge in [0.05, 0.1) is 12.2 Å². The number of likely N-dealkylation sites (tertiary alicyclic amines) is 2. The molecule has 0 radical (unpaired) electrons. The Morgan fingerprint density at radius 1 is 0.960 bits per heavy atom. The first-order valence-electron chi connectivity index (χ1n) is 9.52. The summed E-state index contributed by atoms with van der Waals surface area (Å²) in [5.41, 5.74) is 1.16. The second-order valence-electron chi connectivity index (χ2n) is 7.39. The lowest BCUT2D eigenvalue weighted by molar-refractivity contribution is 0.198. The Hall–Kier alpha value is -1.79. The van der Waals surface area contributed by atoms with Crippen LogP contribution in [0, 0.1) is 0 Å². The third-order valence-corrected chi connectivity index (χ3v) is 5.63. The molecule has 134 valence electrons. The van der Waals surface area contributed by atoms with Crippen LogP contribution >= 0.6 is 0 Å². The summed E-state index contributed by atoms with van der Waals surface area (Å²) in [4.78, 5) is 9.43. The summed E-state index contributed by atoms with van der Waals surface area (Å²) in [6.07, 6.45) is 6.83. The van der Waals surface area contributed by atoms with Crippen molar-refractivity contribution in [1.82, 2.24) is 29.5 Å². The average molecular weight is 340 g/mol. The molecule has 6 nitrogen and oxygen atoms in total. The molecule has 2 saturated heterocycles. The van der Waals surface area contributed by atoms with Gasteiger partial charge in [-0.25, -0.2) is 0 Å². The van der Waals surface area contributed by atoms with Crippen LogP contribution in [0.3, 0.4) is 0 Å². The number of piperidine rings is 1. The van der Waals surface area contributed by atoms with Crippen molar-refractivity contribution >= 4 is 0 Å². The Kier molecular flexibility index (Phi) is 5.08. The molecule has 0 N–H and O–H groups in total. The molecular weight excluding hydrogens is 312 g/mol. The number of pyridine rings is 1. The van der Waals surface area contributed by atoms with Gasteiger partial charge in [0.2, 0.25) is 0 Å². The van der Waals surface area contributed by atoms with Crippen molar-refractivity contribution in [3.63, 3.8) is 0 Å². The molecule has 0 saturated carbocycles. The van der Waals surface area contributed by atoms with E-state index in [1.54, 1.807) is 0 Å². The Bertz CT molecular complexity index is 668. The Balaban J connectivity index is 1.33. The summed E-state index contributed by atoms with van der Waals surface area (Å²) < 4.78 is 2.25. The molecule has 0 aromatic carbocycles. The summed E-state index contributed by atoms with van der Waals surface area (Å²) in [5.74, 6) is 2.82. The van der Waals surface area contributed by atoms with Crippen LogP contribution in [-0.4, -0.2) is 55.7 Å². The lowest BCUT2D eigenvalue weighted by atomic mass is 9.96. The van der Waals surface area contributed by atoms with Crippen molar-refractivity contribution in [2.75, 3.05) is 26.2 Å². The molecule has 0 unspecified atom stereocenters. The summed E-state index contributed by atoms with van der Waals surface area (Å²) in [6.45, 7) is 6.52. The van der Waals surface area contributed by atoms with E-state index in [0.717, 1.165) is 50.5 Å². The van der Waals surface area contributed by atoms with Gasteiger partial charge in [-0.3, -0.25) is 14.8 Å². The standard InChI is InChI=1S/C19H28N6/c1-23-18(15-24-10-4-5-11-24)21-22-19(23)16-7-12-25(13-8-16)14-17-6-2-3-9-20-17/h2-3,6,9,16H,4-5,7-8,10-15H2,1H3. The van der Waals surface area contributed by atoms with Crippen LogP contribution in [0.5, 0.6) is 0 Å². The molecule has 0 spiro atoms. The Labute approximate surface area is 149 Å². The van der Waals surface area contributed by atoms with Crippen LogP contribution in [0.15, 0.2) is 24.4 Å². The molecule has 2 aliphatic heterocycles. The monoisotopic (exact) mass is 340 g/mol. The van der Waals surface area contributed by atoms with Crippen LogP contribution in [0.4, 0.5) is 0 Å². The van der Waals surface area contributed by atoms with Crippen LogP contribution in [0.1, 0.15) is 48.9 Å². The van der Waals surface area contributed by atoms with E-state index < -0.39 is 0 Å². The van der Waals surface area contributed by atoms with Gasteiger partial charge in [0.15, 0.2) is 0 Å². The summed E-state index contributed by atoms with van der Waals surface area (Å²) >= 11 is 0. The molecule has 0 amide bonds. The molecule has 4 rings (SSSR count). The van der Waals surface area contributed by atoms with Crippen molar-refractivity contribution < 1.29 is 0 Å². The van der Waals surface area contributed by atoms with E-state index >= 15 is 0 Å². The number of hydrogen-bond donors (Lipinski definition) is 0. The second-order valence-corrected chi connectivity index (χ2v) is 7.39. The minimum absolute atomic E-state index is 0.532. The number of rotatable bonds is 5. The van der Waals surface area contributed by atoms with E-state index in [1.165, 1.54) is 31.8 Å². The number of aromatic nitrogens is 4. The van der Waals surface area contributed by atoms with E-state index in [1.807, 2.05) is 12.3 Å². The first-order valence-corrected chi connectivity index (χ1v) is 9.52. The maximum atomic E-state index is 4.55.